The number of rotatable bonds is 5. The molecule has 2 aromatic heterocycles. The maximum atomic E-state index is 13.5. The van der Waals surface area contributed by atoms with Gasteiger partial charge in [-0.2, -0.15) is 0 Å². The quantitative estimate of drug-likeness (QED) is 0.423. The van der Waals surface area contributed by atoms with Gasteiger partial charge in [0.25, 0.3) is 5.91 Å². The van der Waals surface area contributed by atoms with Crippen LogP contribution in [0.3, 0.4) is 0 Å². The molecule has 1 aliphatic rings. The fourth-order valence-corrected chi connectivity index (χ4v) is 3.62. The number of amides is 1. The van der Waals surface area contributed by atoms with Crippen molar-refractivity contribution in [2.75, 3.05) is 12.4 Å². The third-order valence-electron chi connectivity index (χ3n) is 5.14. The summed E-state index contributed by atoms with van der Waals surface area (Å²) in [6, 6.07) is 4.02. The fourth-order valence-electron chi connectivity index (χ4n) is 3.62. The average molecular weight is 396 g/mol. The summed E-state index contributed by atoms with van der Waals surface area (Å²) < 4.78 is 13.5. The molecule has 3 aromatic rings. The van der Waals surface area contributed by atoms with E-state index in [9.17, 15) is 14.3 Å². The van der Waals surface area contributed by atoms with Crippen LogP contribution in [0.2, 0.25) is 0 Å². The average Bonchev–Trinajstić information content (AvgIpc) is 3.32. The number of benzene rings is 1. The number of fused-ring (bicyclic) bond motifs is 1. The van der Waals surface area contributed by atoms with E-state index >= 15 is 0 Å². The molecule has 9 heteroatoms. The third-order valence-corrected chi connectivity index (χ3v) is 5.14. The number of H-pyrrole nitrogens is 1. The first kappa shape index (κ1) is 19.0. The smallest absolute Gasteiger partial charge is 0.255 e. The van der Waals surface area contributed by atoms with Crippen LogP contribution in [0.15, 0.2) is 30.6 Å². The van der Waals surface area contributed by atoms with Gasteiger partial charge in [-0.05, 0) is 37.5 Å². The fraction of sp³-hybridized carbons (Fsp3) is 0.300. The molecule has 2 heterocycles. The molecule has 2 atom stereocenters. The zero-order valence-corrected chi connectivity index (χ0v) is 15.8. The van der Waals surface area contributed by atoms with E-state index in [0.717, 1.165) is 6.42 Å². The Balaban J connectivity index is 1.65. The van der Waals surface area contributed by atoms with Gasteiger partial charge in [-0.1, -0.05) is 0 Å². The molecule has 1 fully saturated rings. The molecule has 0 spiro atoms. The molecule has 150 valence electrons. The molecule has 0 radical (unpaired) electrons. The summed E-state index contributed by atoms with van der Waals surface area (Å²) >= 11 is 0. The highest BCUT2D eigenvalue weighted by Crippen LogP contribution is 2.23. The number of carbonyl (C=O) groups is 1. The van der Waals surface area contributed by atoms with E-state index in [1.807, 2.05) is 0 Å². The van der Waals surface area contributed by atoms with E-state index in [4.69, 9.17) is 5.41 Å². The Morgan fingerprint density at radius 1 is 1.34 bits per heavy atom. The Morgan fingerprint density at radius 2 is 2.17 bits per heavy atom. The van der Waals surface area contributed by atoms with Crippen molar-refractivity contribution in [3.05, 3.63) is 53.2 Å². The topological polar surface area (TPSA) is 127 Å². The molecular formula is C20H21FN6O2. The van der Waals surface area contributed by atoms with Crippen LogP contribution in [0.25, 0.3) is 11.2 Å². The van der Waals surface area contributed by atoms with E-state index in [1.165, 1.54) is 30.6 Å². The van der Waals surface area contributed by atoms with Crippen molar-refractivity contribution in [3.63, 3.8) is 0 Å². The maximum absolute atomic E-state index is 13.5. The second-order valence-corrected chi connectivity index (χ2v) is 7.11. The summed E-state index contributed by atoms with van der Waals surface area (Å²) in [5, 5.41) is 23.9. The Hall–Kier alpha value is -3.33. The molecule has 1 aliphatic carbocycles. The number of aromatic nitrogens is 3. The van der Waals surface area contributed by atoms with Gasteiger partial charge in [0, 0.05) is 30.5 Å². The first-order chi connectivity index (χ1) is 14.0. The Labute approximate surface area is 166 Å². The van der Waals surface area contributed by atoms with Crippen molar-refractivity contribution >= 4 is 28.5 Å². The summed E-state index contributed by atoms with van der Waals surface area (Å²) in [7, 11) is 1.65. The molecule has 0 saturated heterocycles. The van der Waals surface area contributed by atoms with Gasteiger partial charge < -0.3 is 20.7 Å². The van der Waals surface area contributed by atoms with Crippen molar-refractivity contribution in [1.82, 2.24) is 20.3 Å². The number of aromatic amines is 1. The predicted molar refractivity (Wildman–Crippen MR) is 107 cm³/mol. The third kappa shape index (κ3) is 3.68. The molecule has 1 amide bonds. The van der Waals surface area contributed by atoms with E-state index < -0.39 is 5.82 Å². The number of hydrogen-bond acceptors (Lipinski definition) is 6. The summed E-state index contributed by atoms with van der Waals surface area (Å²) in [6.07, 6.45) is 4.54. The lowest BCUT2D eigenvalue weighted by Gasteiger charge is -2.12. The van der Waals surface area contributed by atoms with Crippen molar-refractivity contribution in [3.8, 4) is 0 Å². The standard InChI is InChI=1S/C20H21FN6O2/c1-23-15-6-10(21)2-5-13(15)17(22)16-9-25-19-18(27-16)14(8-24-19)20(29)26-11-3-4-12(28)7-11/h2,5-6,8-9,11-12,22-23,28H,3-4,7H2,1H3,(H,24,25)(H,26,29)/t11-,12-/m0/s1. The number of hydrogen-bond donors (Lipinski definition) is 5. The molecule has 0 aliphatic heterocycles. The van der Waals surface area contributed by atoms with Gasteiger partial charge in [0.1, 0.15) is 17.0 Å². The number of aliphatic hydroxyl groups excluding tert-OH is 1. The second-order valence-electron chi connectivity index (χ2n) is 7.11. The van der Waals surface area contributed by atoms with Crippen molar-refractivity contribution in [2.24, 2.45) is 0 Å². The van der Waals surface area contributed by atoms with Gasteiger partial charge in [0.2, 0.25) is 0 Å². The van der Waals surface area contributed by atoms with Crippen LogP contribution in [0, 0.1) is 11.2 Å². The van der Waals surface area contributed by atoms with E-state index in [2.05, 4.69) is 25.6 Å². The van der Waals surface area contributed by atoms with Crippen LogP contribution in [0.1, 0.15) is 40.9 Å². The van der Waals surface area contributed by atoms with Gasteiger partial charge in [-0.25, -0.2) is 14.4 Å². The predicted octanol–water partition coefficient (Wildman–Crippen LogP) is 2.20. The molecule has 5 N–H and O–H groups in total. The summed E-state index contributed by atoms with van der Waals surface area (Å²) in [6.45, 7) is 0. The van der Waals surface area contributed by atoms with Crippen molar-refractivity contribution in [2.45, 2.75) is 31.4 Å². The zero-order valence-electron chi connectivity index (χ0n) is 15.8. The molecule has 1 saturated carbocycles. The molecule has 0 bridgehead atoms. The lowest BCUT2D eigenvalue weighted by atomic mass is 10.1. The minimum Gasteiger partial charge on any atom is -0.393 e. The van der Waals surface area contributed by atoms with Crippen molar-refractivity contribution < 1.29 is 14.3 Å². The minimum atomic E-state index is -0.408. The number of carbonyl (C=O) groups excluding carboxylic acids is 1. The van der Waals surface area contributed by atoms with Crippen molar-refractivity contribution in [1.29, 1.82) is 5.41 Å². The lowest BCUT2D eigenvalue weighted by molar-refractivity contribution is 0.0935. The first-order valence-corrected chi connectivity index (χ1v) is 9.36. The molecule has 29 heavy (non-hydrogen) atoms. The van der Waals surface area contributed by atoms with Crippen LogP contribution in [0.4, 0.5) is 10.1 Å². The molecular weight excluding hydrogens is 375 g/mol. The highest BCUT2D eigenvalue weighted by atomic mass is 19.1. The number of nitrogens with zero attached hydrogens (tertiary/aromatic N) is 2. The highest BCUT2D eigenvalue weighted by molar-refractivity contribution is 6.14. The number of anilines is 1. The zero-order chi connectivity index (χ0) is 20.5. The Kier molecular flexibility index (Phi) is 4.98. The normalized spacial score (nSPS) is 18.7. The van der Waals surface area contributed by atoms with Crippen LogP contribution in [-0.2, 0) is 0 Å². The molecule has 0 unspecified atom stereocenters. The first-order valence-electron chi connectivity index (χ1n) is 9.36. The second kappa shape index (κ2) is 7.59. The van der Waals surface area contributed by atoms with Gasteiger partial charge in [-0.15, -0.1) is 0 Å². The monoisotopic (exact) mass is 396 g/mol. The SMILES string of the molecule is CNc1cc(F)ccc1C(=N)c1cnc2[nH]cc(C(=O)N[C@H]3CC[C@H](O)C3)c2n1. The number of halogens is 1. The van der Waals surface area contributed by atoms with Crippen LogP contribution >= 0.6 is 0 Å². The van der Waals surface area contributed by atoms with Gasteiger partial charge in [0.15, 0.2) is 5.65 Å². The molecule has 4 rings (SSSR count). The minimum absolute atomic E-state index is 0.0650. The van der Waals surface area contributed by atoms with E-state index in [-0.39, 0.29) is 29.5 Å². The highest BCUT2D eigenvalue weighted by Gasteiger charge is 2.26. The molecule has 8 nitrogen and oxygen atoms in total. The molecule has 1 aromatic carbocycles. The van der Waals surface area contributed by atoms with Gasteiger partial charge in [0.05, 0.1) is 23.6 Å². The summed E-state index contributed by atoms with van der Waals surface area (Å²) in [5.74, 6) is -0.708. The van der Waals surface area contributed by atoms with Gasteiger partial charge >= 0.3 is 0 Å². The van der Waals surface area contributed by atoms with E-state index in [1.54, 1.807) is 7.05 Å². The number of nitrogens with one attached hydrogen (secondary N) is 4. The van der Waals surface area contributed by atoms with Crippen LogP contribution < -0.4 is 10.6 Å². The Bertz CT molecular complexity index is 1100. The number of aliphatic hydroxyl groups is 1. The van der Waals surface area contributed by atoms with Gasteiger partial charge in [-0.3, -0.25) is 10.2 Å². The van der Waals surface area contributed by atoms with Crippen LogP contribution in [-0.4, -0.2) is 50.9 Å². The Morgan fingerprint density at radius 3 is 2.90 bits per heavy atom. The summed E-state index contributed by atoms with van der Waals surface area (Å²) in [4.78, 5) is 24.4. The maximum Gasteiger partial charge on any atom is 0.255 e. The van der Waals surface area contributed by atoms with E-state index in [0.29, 0.717) is 40.8 Å². The largest absolute Gasteiger partial charge is 0.393 e. The lowest BCUT2D eigenvalue weighted by Crippen LogP contribution is -2.33. The summed E-state index contributed by atoms with van der Waals surface area (Å²) in [5.41, 5.74) is 2.40. The van der Waals surface area contributed by atoms with Crippen LogP contribution in [0.5, 0.6) is 0 Å².